The molecule has 5 aromatic rings. The minimum Gasteiger partial charge on any atom is -0.292 e. The third-order valence-corrected chi connectivity index (χ3v) is 7.49. The third-order valence-electron chi connectivity index (χ3n) is 7.49. The maximum Gasteiger partial charge on any atom is 0.333 e. The van der Waals surface area contributed by atoms with Crippen molar-refractivity contribution in [2.24, 2.45) is 0 Å². The molecule has 0 saturated heterocycles. The summed E-state index contributed by atoms with van der Waals surface area (Å²) in [5.74, 6) is 0.526. The molecule has 0 amide bonds. The van der Waals surface area contributed by atoms with Gasteiger partial charge in [0.2, 0.25) is 5.82 Å². The van der Waals surface area contributed by atoms with E-state index in [1.54, 1.807) is 0 Å². The summed E-state index contributed by atoms with van der Waals surface area (Å²) in [6.07, 6.45) is 8.82. The summed E-state index contributed by atoms with van der Waals surface area (Å²) in [7, 11) is 0. The van der Waals surface area contributed by atoms with Gasteiger partial charge >= 0.3 is 5.69 Å². The number of pyridine rings is 1. The summed E-state index contributed by atoms with van der Waals surface area (Å²) in [5, 5.41) is 14.5. The minimum absolute atomic E-state index is 0.00307. The van der Waals surface area contributed by atoms with E-state index in [2.05, 4.69) is 79.6 Å². The molecule has 3 aromatic heterocycles. The molecule has 1 N–H and O–H groups in total. The zero-order valence-corrected chi connectivity index (χ0v) is 24.7. The number of rotatable bonds is 10. The predicted octanol–water partition coefficient (Wildman–Crippen LogP) is 6.52. The summed E-state index contributed by atoms with van der Waals surface area (Å²) < 4.78 is 3.83. The molecule has 8 heteroatoms. The Kier molecular flexibility index (Phi) is 8.28. The van der Waals surface area contributed by atoms with Crippen LogP contribution in [0.15, 0.2) is 71.8 Å². The Bertz CT molecular complexity index is 1660. The number of unbranched alkanes of at least 4 members (excludes halogenated alkanes) is 1. The second kappa shape index (κ2) is 12.0. The van der Waals surface area contributed by atoms with Crippen LogP contribution >= 0.6 is 0 Å². The summed E-state index contributed by atoms with van der Waals surface area (Å²) >= 11 is 0. The van der Waals surface area contributed by atoms with E-state index < -0.39 is 0 Å². The first-order chi connectivity index (χ1) is 19.8. The molecule has 41 heavy (non-hydrogen) atoms. The number of para-hydroxylation sites is 1. The van der Waals surface area contributed by atoms with Crippen molar-refractivity contribution < 1.29 is 0 Å². The summed E-state index contributed by atoms with van der Waals surface area (Å²) in [6, 6.07) is 18.4. The van der Waals surface area contributed by atoms with Crippen molar-refractivity contribution in [3.05, 3.63) is 99.9 Å². The standard InChI is InChI=1S/C33H39N7O/c1-6-8-14-25-22-40(30-24(12-7-2)13-11-17-28(30)33(3,4)5)32(41)39(25)21-23-18-19-29(34-20-23)26-15-9-10-16-27(26)31-35-37-38-36-31/h9-11,13,15-20,22H,6-8,12,14,21H2,1-5H3,(H,35,36,37,38). The van der Waals surface area contributed by atoms with Crippen molar-refractivity contribution in [1.29, 1.82) is 0 Å². The second-order valence-electron chi connectivity index (χ2n) is 11.6. The first-order valence-corrected chi connectivity index (χ1v) is 14.5. The predicted molar refractivity (Wildman–Crippen MR) is 163 cm³/mol. The van der Waals surface area contributed by atoms with Crippen molar-refractivity contribution in [1.82, 2.24) is 34.7 Å². The number of hydrogen-bond donors (Lipinski definition) is 1. The smallest absolute Gasteiger partial charge is 0.292 e. The average Bonchev–Trinajstić information content (AvgIpc) is 3.61. The fraction of sp³-hybridized carbons (Fsp3) is 0.364. The fourth-order valence-electron chi connectivity index (χ4n) is 5.40. The van der Waals surface area contributed by atoms with Gasteiger partial charge in [0.1, 0.15) is 0 Å². The monoisotopic (exact) mass is 549 g/mol. The number of benzene rings is 2. The zero-order valence-electron chi connectivity index (χ0n) is 24.7. The highest BCUT2D eigenvalue weighted by Gasteiger charge is 2.24. The Labute approximate surface area is 241 Å². The lowest BCUT2D eigenvalue weighted by Crippen LogP contribution is -2.27. The molecule has 0 bridgehead atoms. The van der Waals surface area contributed by atoms with Crippen molar-refractivity contribution >= 4 is 0 Å². The van der Waals surface area contributed by atoms with Crippen LogP contribution in [0.25, 0.3) is 28.3 Å². The lowest BCUT2D eigenvalue weighted by molar-refractivity contribution is 0.582. The van der Waals surface area contributed by atoms with Crippen LogP contribution in [-0.2, 0) is 24.8 Å². The molecule has 212 valence electrons. The maximum absolute atomic E-state index is 14.1. The molecular formula is C33H39N7O. The van der Waals surface area contributed by atoms with Gasteiger partial charge in [0.05, 0.1) is 17.9 Å². The Morgan fingerprint density at radius 3 is 2.37 bits per heavy atom. The quantitative estimate of drug-likeness (QED) is 0.214. The number of nitrogens with zero attached hydrogens (tertiary/aromatic N) is 6. The number of hydrogen-bond acceptors (Lipinski definition) is 5. The van der Waals surface area contributed by atoms with Crippen molar-refractivity contribution in [3.8, 4) is 28.3 Å². The van der Waals surface area contributed by atoms with Crippen LogP contribution in [0.4, 0.5) is 0 Å². The number of imidazole rings is 1. The second-order valence-corrected chi connectivity index (χ2v) is 11.6. The molecule has 0 aliphatic carbocycles. The van der Waals surface area contributed by atoms with Gasteiger partial charge in [0.25, 0.3) is 0 Å². The Hall–Kier alpha value is -4.33. The molecule has 5 rings (SSSR count). The lowest BCUT2D eigenvalue weighted by atomic mass is 9.84. The SMILES string of the molecule is CCCCc1cn(-c2c(CCC)cccc2C(C)(C)C)c(=O)n1Cc1ccc(-c2ccccc2-c2nn[nH]n2)nc1. The lowest BCUT2D eigenvalue weighted by Gasteiger charge is -2.25. The van der Waals surface area contributed by atoms with Crippen LogP contribution in [0.5, 0.6) is 0 Å². The van der Waals surface area contributed by atoms with Gasteiger partial charge in [0, 0.05) is 29.2 Å². The van der Waals surface area contributed by atoms with Gasteiger partial charge in [-0.25, -0.2) is 4.79 Å². The van der Waals surface area contributed by atoms with Gasteiger partial charge in [0.15, 0.2) is 0 Å². The number of aryl methyl sites for hydroxylation is 2. The van der Waals surface area contributed by atoms with Gasteiger partial charge < -0.3 is 0 Å². The fourth-order valence-corrected chi connectivity index (χ4v) is 5.40. The van der Waals surface area contributed by atoms with Crippen LogP contribution in [0.1, 0.15) is 76.3 Å². The molecule has 2 aromatic carbocycles. The van der Waals surface area contributed by atoms with Gasteiger partial charge in [-0.05, 0) is 52.6 Å². The molecule has 0 radical (unpaired) electrons. The largest absolute Gasteiger partial charge is 0.333 e. The van der Waals surface area contributed by atoms with Crippen LogP contribution < -0.4 is 5.69 Å². The van der Waals surface area contributed by atoms with Crippen LogP contribution in [0, 0.1) is 0 Å². The summed E-state index contributed by atoms with van der Waals surface area (Å²) in [5.41, 5.74) is 7.97. The van der Waals surface area contributed by atoms with Crippen LogP contribution in [0.2, 0.25) is 0 Å². The molecule has 8 nitrogen and oxygen atoms in total. The highest BCUT2D eigenvalue weighted by atomic mass is 16.1. The first-order valence-electron chi connectivity index (χ1n) is 14.5. The molecule has 0 fully saturated rings. The highest BCUT2D eigenvalue weighted by Crippen LogP contribution is 2.32. The molecule has 0 saturated carbocycles. The Morgan fingerprint density at radius 2 is 1.71 bits per heavy atom. The van der Waals surface area contributed by atoms with E-state index in [0.717, 1.165) is 65.9 Å². The Morgan fingerprint density at radius 1 is 0.902 bits per heavy atom. The van der Waals surface area contributed by atoms with Gasteiger partial charge in [-0.15, -0.1) is 10.2 Å². The normalized spacial score (nSPS) is 11.7. The number of aromatic nitrogens is 7. The van der Waals surface area contributed by atoms with E-state index in [1.807, 2.05) is 51.7 Å². The van der Waals surface area contributed by atoms with Gasteiger partial charge in [-0.2, -0.15) is 5.21 Å². The van der Waals surface area contributed by atoms with Crippen molar-refractivity contribution in [3.63, 3.8) is 0 Å². The van der Waals surface area contributed by atoms with Crippen LogP contribution in [-0.4, -0.2) is 34.7 Å². The molecule has 0 spiro atoms. The molecule has 0 aliphatic heterocycles. The van der Waals surface area contributed by atoms with Crippen molar-refractivity contribution in [2.45, 2.75) is 78.7 Å². The summed E-state index contributed by atoms with van der Waals surface area (Å²) in [6.45, 7) is 11.5. The van der Waals surface area contributed by atoms with Gasteiger partial charge in [-0.3, -0.25) is 14.1 Å². The number of H-pyrrole nitrogens is 1. The van der Waals surface area contributed by atoms with E-state index in [1.165, 1.54) is 11.1 Å². The molecule has 0 atom stereocenters. The zero-order chi connectivity index (χ0) is 29.0. The van der Waals surface area contributed by atoms with E-state index in [-0.39, 0.29) is 11.1 Å². The van der Waals surface area contributed by atoms with E-state index in [0.29, 0.717) is 12.4 Å². The van der Waals surface area contributed by atoms with Crippen LogP contribution in [0.3, 0.4) is 0 Å². The average molecular weight is 550 g/mol. The van der Waals surface area contributed by atoms with E-state index in [9.17, 15) is 4.79 Å². The Balaban J connectivity index is 1.54. The number of tetrazole rings is 1. The highest BCUT2D eigenvalue weighted by molar-refractivity contribution is 5.78. The molecule has 0 unspecified atom stereocenters. The minimum atomic E-state index is -0.0955. The van der Waals surface area contributed by atoms with E-state index in [4.69, 9.17) is 4.98 Å². The summed E-state index contributed by atoms with van der Waals surface area (Å²) in [4.78, 5) is 18.9. The first kappa shape index (κ1) is 28.2. The van der Waals surface area contributed by atoms with E-state index >= 15 is 0 Å². The number of aromatic amines is 1. The third kappa shape index (κ3) is 5.92. The molecule has 0 aliphatic rings. The topological polar surface area (TPSA) is 94.3 Å². The molecule has 3 heterocycles. The number of nitrogens with one attached hydrogen (secondary N) is 1. The maximum atomic E-state index is 14.1. The van der Waals surface area contributed by atoms with Gasteiger partial charge in [-0.1, -0.05) is 96.0 Å². The molecular weight excluding hydrogens is 510 g/mol. The van der Waals surface area contributed by atoms with Crippen molar-refractivity contribution in [2.75, 3.05) is 0 Å².